The molecule has 1 atom stereocenters. The zero-order chi connectivity index (χ0) is 17.4. The van der Waals surface area contributed by atoms with Crippen molar-refractivity contribution in [3.8, 4) is 11.5 Å². The van der Waals surface area contributed by atoms with Crippen LogP contribution in [0, 0.1) is 11.7 Å². The molecule has 1 aromatic heterocycles. The number of carbonyl (C=O) groups excluding carboxylic acids is 1. The number of quaternary nitrogens is 1. The molecule has 3 saturated heterocycles. The summed E-state index contributed by atoms with van der Waals surface area (Å²) >= 11 is 0. The molecule has 5 rings (SSSR count). The predicted octanol–water partition coefficient (Wildman–Crippen LogP) is 2.55. The summed E-state index contributed by atoms with van der Waals surface area (Å²) in [6, 6.07) is 6.13. The van der Waals surface area contributed by atoms with Crippen molar-refractivity contribution < 1.29 is 22.9 Å². The fraction of sp³-hybridized carbons (Fsp3) is 0.500. The van der Waals surface area contributed by atoms with E-state index in [0.717, 1.165) is 37.0 Å². The second-order valence-electron chi connectivity index (χ2n) is 7.14. The standard InChI is InChI=1S/C18H21FN3O3/c1-12(23)24-16-10-22(7-5-13(16)6-8-22)11-17-20-18(25-21-17)14-3-2-4-15(19)9-14/h2-4,9,13,16H,5-8,10-11H2,1H3/q+1/t13?,16-,22?/m0/s1. The van der Waals surface area contributed by atoms with Crippen LogP contribution in [0.5, 0.6) is 0 Å². The van der Waals surface area contributed by atoms with E-state index in [-0.39, 0.29) is 17.9 Å². The van der Waals surface area contributed by atoms with Gasteiger partial charge in [0.2, 0.25) is 5.82 Å². The van der Waals surface area contributed by atoms with Crippen LogP contribution in [-0.4, -0.2) is 46.3 Å². The highest BCUT2D eigenvalue weighted by atomic mass is 19.1. The molecule has 0 N–H and O–H groups in total. The molecule has 0 amide bonds. The SMILES string of the molecule is CC(=O)O[C@H]1C[N+]2(Cc3noc(-c4cccc(F)c4)n3)CCC1CC2. The van der Waals surface area contributed by atoms with Crippen LogP contribution in [0.1, 0.15) is 25.6 Å². The first-order chi connectivity index (χ1) is 12.0. The summed E-state index contributed by atoms with van der Waals surface area (Å²) in [7, 11) is 0. The Bertz CT molecular complexity index is 783. The largest absolute Gasteiger partial charge is 0.456 e. The molecular formula is C18H21FN3O3+. The number of rotatable bonds is 4. The maximum Gasteiger partial charge on any atom is 0.303 e. The fourth-order valence-corrected chi connectivity index (χ4v) is 4.15. The quantitative estimate of drug-likeness (QED) is 0.629. The van der Waals surface area contributed by atoms with E-state index < -0.39 is 0 Å². The lowest BCUT2D eigenvalue weighted by atomic mass is 9.83. The Labute approximate surface area is 145 Å². The number of piperidine rings is 3. The second-order valence-corrected chi connectivity index (χ2v) is 7.14. The molecule has 25 heavy (non-hydrogen) atoms. The number of esters is 1. The van der Waals surface area contributed by atoms with Gasteiger partial charge in [0.05, 0.1) is 13.1 Å². The van der Waals surface area contributed by atoms with Crippen LogP contribution in [0.3, 0.4) is 0 Å². The van der Waals surface area contributed by atoms with E-state index in [2.05, 4.69) is 10.1 Å². The minimum absolute atomic E-state index is 0.0189. The van der Waals surface area contributed by atoms with Gasteiger partial charge < -0.3 is 13.7 Å². The zero-order valence-electron chi connectivity index (χ0n) is 14.2. The highest BCUT2D eigenvalue weighted by Gasteiger charge is 2.48. The predicted molar refractivity (Wildman–Crippen MR) is 86.5 cm³/mol. The summed E-state index contributed by atoms with van der Waals surface area (Å²) in [4.78, 5) is 15.8. The number of carbonyl (C=O) groups is 1. The Balaban J connectivity index is 1.51. The van der Waals surface area contributed by atoms with Gasteiger partial charge in [-0.3, -0.25) is 4.79 Å². The van der Waals surface area contributed by atoms with Crippen LogP contribution < -0.4 is 0 Å². The number of fused-ring (bicyclic) bond motifs is 3. The average Bonchev–Trinajstić information content (AvgIpc) is 3.03. The lowest BCUT2D eigenvalue weighted by molar-refractivity contribution is -0.958. The summed E-state index contributed by atoms with van der Waals surface area (Å²) in [6.07, 6.45) is 2.08. The third kappa shape index (κ3) is 3.28. The number of hydrogen-bond donors (Lipinski definition) is 0. The van der Waals surface area contributed by atoms with Crippen molar-refractivity contribution in [3.63, 3.8) is 0 Å². The Kier molecular flexibility index (Phi) is 4.03. The molecule has 0 spiro atoms. The first-order valence-corrected chi connectivity index (χ1v) is 8.64. The molecule has 6 nitrogen and oxygen atoms in total. The van der Waals surface area contributed by atoms with Gasteiger partial charge in [0, 0.05) is 31.2 Å². The highest BCUT2D eigenvalue weighted by Crippen LogP contribution is 2.37. The van der Waals surface area contributed by atoms with Gasteiger partial charge in [-0.15, -0.1) is 0 Å². The third-order valence-electron chi connectivity index (χ3n) is 5.38. The van der Waals surface area contributed by atoms with Crippen molar-refractivity contribution in [2.75, 3.05) is 19.6 Å². The van der Waals surface area contributed by atoms with Crippen molar-refractivity contribution >= 4 is 5.97 Å². The molecule has 1 aromatic carbocycles. The van der Waals surface area contributed by atoms with Crippen LogP contribution >= 0.6 is 0 Å². The molecule has 0 saturated carbocycles. The van der Waals surface area contributed by atoms with Crippen molar-refractivity contribution in [3.05, 3.63) is 35.9 Å². The Morgan fingerprint density at radius 3 is 2.92 bits per heavy atom. The lowest BCUT2D eigenvalue weighted by Crippen LogP contribution is -2.63. The molecule has 4 heterocycles. The number of aromatic nitrogens is 2. The molecule has 2 aromatic rings. The van der Waals surface area contributed by atoms with E-state index in [0.29, 0.717) is 29.7 Å². The topological polar surface area (TPSA) is 65.2 Å². The van der Waals surface area contributed by atoms with Gasteiger partial charge in [0.25, 0.3) is 5.89 Å². The Hall–Kier alpha value is -2.28. The maximum atomic E-state index is 13.4. The van der Waals surface area contributed by atoms with Gasteiger partial charge in [-0.05, 0) is 18.2 Å². The van der Waals surface area contributed by atoms with Crippen LogP contribution in [-0.2, 0) is 16.1 Å². The molecule has 0 unspecified atom stereocenters. The van der Waals surface area contributed by atoms with Gasteiger partial charge in [-0.2, -0.15) is 4.98 Å². The van der Waals surface area contributed by atoms with Crippen molar-refractivity contribution in [2.45, 2.75) is 32.4 Å². The van der Waals surface area contributed by atoms with Gasteiger partial charge >= 0.3 is 5.97 Å². The molecular weight excluding hydrogens is 325 g/mol. The van der Waals surface area contributed by atoms with E-state index in [4.69, 9.17) is 9.26 Å². The molecule has 3 fully saturated rings. The van der Waals surface area contributed by atoms with Crippen molar-refractivity contribution in [2.24, 2.45) is 5.92 Å². The number of halogens is 1. The number of nitrogens with zero attached hydrogens (tertiary/aromatic N) is 3. The summed E-state index contributed by atoms with van der Waals surface area (Å²) in [5, 5.41) is 4.08. The van der Waals surface area contributed by atoms with E-state index in [1.54, 1.807) is 12.1 Å². The summed E-state index contributed by atoms with van der Waals surface area (Å²) in [5.74, 6) is 0.862. The molecule has 2 bridgehead atoms. The first-order valence-electron chi connectivity index (χ1n) is 8.64. The van der Waals surface area contributed by atoms with Gasteiger partial charge in [0.15, 0.2) is 6.10 Å². The fourth-order valence-electron chi connectivity index (χ4n) is 4.15. The lowest BCUT2D eigenvalue weighted by Gasteiger charge is -2.51. The van der Waals surface area contributed by atoms with Gasteiger partial charge in [-0.25, -0.2) is 4.39 Å². The summed E-state index contributed by atoms with van der Waals surface area (Å²) in [6.45, 7) is 4.97. The minimum atomic E-state index is -0.332. The molecule has 132 valence electrons. The highest BCUT2D eigenvalue weighted by molar-refractivity contribution is 5.66. The Morgan fingerprint density at radius 1 is 1.40 bits per heavy atom. The monoisotopic (exact) mass is 346 g/mol. The van der Waals surface area contributed by atoms with Crippen molar-refractivity contribution in [1.82, 2.24) is 10.1 Å². The van der Waals surface area contributed by atoms with Crippen LogP contribution in [0.4, 0.5) is 4.39 Å². The van der Waals surface area contributed by atoms with E-state index in [1.165, 1.54) is 19.1 Å². The third-order valence-corrected chi connectivity index (χ3v) is 5.38. The number of hydrogen-bond acceptors (Lipinski definition) is 5. The number of ether oxygens (including phenoxy) is 1. The minimum Gasteiger partial charge on any atom is -0.456 e. The van der Waals surface area contributed by atoms with Gasteiger partial charge in [-0.1, -0.05) is 11.2 Å². The Morgan fingerprint density at radius 2 is 2.20 bits per heavy atom. The first kappa shape index (κ1) is 16.2. The normalized spacial score (nSPS) is 28.1. The average molecular weight is 346 g/mol. The zero-order valence-corrected chi connectivity index (χ0v) is 14.2. The van der Waals surface area contributed by atoms with Crippen LogP contribution in [0.15, 0.2) is 28.8 Å². The second kappa shape index (κ2) is 6.22. The van der Waals surface area contributed by atoms with Gasteiger partial charge in [0.1, 0.15) is 18.9 Å². The van der Waals surface area contributed by atoms with E-state index in [1.807, 2.05) is 0 Å². The maximum absolute atomic E-state index is 13.4. The number of benzene rings is 1. The molecule has 0 radical (unpaired) electrons. The summed E-state index contributed by atoms with van der Waals surface area (Å²) in [5.41, 5.74) is 0.578. The molecule has 0 aliphatic carbocycles. The van der Waals surface area contributed by atoms with E-state index >= 15 is 0 Å². The molecule has 3 aliphatic heterocycles. The van der Waals surface area contributed by atoms with E-state index in [9.17, 15) is 9.18 Å². The van der Waals surface area contributed by atoms with Crippen molar-refractivity contribution in [1.29, 1.82) is 0 Å². The van der Waals surface area contributed by atoms with Crippen LogP contribution in [0.2, 0.25) is 0 Å². The summed E-state index contributed by atoms with van der Waals surface area (Å²) < 4.78 is 25.0. The smallest absolute Gasteiger partial charge is 0.303 e. The molecule has 7 heteroatoms. The van der Waals surface area contributed by atoms with Crippen LogP contribution in [0.25, 0.3) is 11.5 Å². The molecule has 3 aliphatic rings.